The second-order valence-electron chi connectivity index (χ2n) is 6.31. The third-order valence-electron chi connectivity index (χ3n) is 4.48. The number of anilines is 1. The van der Waals surface area contributed by atoms with Gasteiger partial charge >= 0.3 is 0 Å². The number of fused-ring (bicyclic) bond motifs is 1. The van der Waals surface area contributed by atoms with Gasteiger partial charge in [0.1, 0.15) is 5.75 Å². The van der Waals surface area contributed by atoms with Crippen molar-refractivity contribution in [2.75, 3.05) is 31.6 Å². The topological polar surface area (TPSA) is 87.7 Å². The predicted molar refractivity (Wildman–Crippen MR) is 92.3 cm³/mol. The number of para-hydroxylation sites is 1. The first-order valence-electron chi connectivity index (χ1n) is 8.72. The summed E-state index contributed by atoms with van der Waals surface area (Å²) in [6.45, 7) is 1.80. The third kappa shape index (κ3) is 4.49. The van der Waals surface area contributed by atoms with Gasteiger partial charge < -0.3 is 20.3 Å². The minimum absolute atomic E-state index is 0.0478. The van der Waals surface area contributed by atoms with Gasteiger partial charge in [0.25, 0.3) is 5.91 Å². The van der Waals surface area contributed by atoms with Crippen LogP contribution >= 0.6 is 0 Å². The van der Waals surface area contributed by atoms with Crippen LogP contribution in [0.2, 0.25) is 0 Å². The maximum absolute atomic E-state index is 11.9. The summed E-state index contributed by atoms with van der Waals surface area (Å²) in [5.74, 6) is 0.245. The molecular formula is C18H23N3O4. The van der Waals surface area contributed by atoms with E-state index in [1.807, 2.05) is 17.0 Å². The molecule has 1 aromatic rings. The molecule has 3 rings (SSSR count). The van der Waals surface area contributed by atoms with Crippen LogP contribution in [0.1, 0.15) is 31.2 Å². The SMILES string of the molecule is O=C(COc1cccc2c1NC(=O)CC2)NCCC(=O)N1CCCC1. The maximum atomic E-state index is 11.9. The third-order valence-corrected chi connectivity index (χ3v) is 4.48. The van der Waals surface area contributed by atoms with Gasteiger partial charge in [-0.25, -0.2) is 0 Å². The number of hydrogen-bond acceptors (Lipinski definition) is 4. The fourth-order valence-corrected chi connectivity index (χ4v) is 3.13. The molecular weight excluding hydrogens is 322 g/mol. The normalized spacial score (nSPS) is 16.2. The Kier molecular flexibility index (Phi) is 5.53. The lowest BCUT2D eigenvalue weighted by atomic mass is 10.0. The first-order chi connectivity index (χ1) is 12.1. The van der Waals surface area contributed by atoms with Crippen LogP contribution in [0.3, 0.4) is 0 Å². The molecule has 0 spiro atoms. The highest BCUT2D eigenvalue weighted by molar-refractivity contribution is 5.95. The van der Waals surface area contributed by atoms with Gasteiger partial charge in [0.05, 0.1) is 5.69 Å². The van der Waals surface area contributed by atoms with Crippen LogP contribution in [-0.2, 0) is 20.8 Å². The number of benzene rings is 1. The number of carbonyl (C=O) groups excluding carboxylic acids is 3. The van der Waals surface area contributed by atoms with E-state index in [4.69, 9.17) is 4.74 Å². The molecule has 0 saturated carbocycles. The first kappa shape index (κ1) is 17.3. The Bertz CT molecular complexity index is 668. The van der Waals surface area contributed by atoms with Gasteiger partial charge in [-0.15, -0.1) is 0 Å². The molecule has 2 aliphatic rings. The zero-order valence-corrected chi connectivity index (χ0v) is 14.2. The van der Waals surface area contributed by atoms with E-state index in [9.17, 15) is 14.4 Å². The van der Waals surface area contributed by atoms with E-state index in [1.54, 1.807) is 6.07 Å². The molecule has 0 radical (unpaired) electrons. The average Bonchev–Trinajstić information content (AvgIpc) is 3.14. The number of carbonyl (C=O) groups is 3. The number of nitrogens with one attached hydrogen (secondary N) is 2. The molecule has 134 valence electrons. The summed E-state index contributed by atoms with van der Waals surface area (Å²) in [5.41, 5.74) is 1.66. The summed E-state index contributed by atoms with van der Waals surface area (Å²) in [6.07, 6.45) is 3.56. The molecule has 3 amide bonds. The van der Waals surface area contributed by atoms with Crippen molar-refractivity contribution in [3.63, 3.8) is 0 Å². The van der Waals surface area contributed by atoms with Crippen LogP contribution in [0.25, 0.3) is 0 Å². The Morgan fingerprint density at radius 2 is 2.00 bits per heavy atom. The summed E-state index contributed by atoms with van der Waals surface area (Å²) >= 11 is 0. The Hall–Kier alpha value is -2.57. The molecule has 25 heavy (non-hydrogen) atoms. The second-order valence-corrected chi connectivity index (χ2v) is 6.31. The van der Waals surface area contributed by atoms with Gasteiger partial charge in [-0.05, 0) is 30.9 Å². The highest BCUT2D eigenvalue weighted by atomic mass is 16.5. The quantitative estimate of drug-likeness (QED) is 0.808. The summed E-state index contributed by atoms with van der Waals surface area (Å²) in [4.78, 5) is 37.2. The van der Waals surface area contributed by atoms with Gasteiger partial charge in [-0.2, -0.15) is 0 Å². The van der Waals surface area contributed by atoms with Gasteiger partial charge in [0.15, 0.2) is 6.61 Å². The summed E-state index contributed by atoms with van der Waals surface area (Å²) < 4.78 is 5.55. The van der Waals surface area contributed by atoms with Crippen molar-refractivity contribution in [2.45, 2.75) is 32.1 Å². The Morgan fingerprint density at radius 3 is 2.80 bits per heavy atom. The van der Waals surface area contributed by atoms with Crippen LogP contribution in [0.4, 0.5) is 5.69 Å². The fourth-order valence-electron chi connectivity index (χ4n) is 3.13. The first-order valence-corrected chi connectivity index (χ1v) is 8.72. The average molecular weight is 345 g/mol. The zero-order valence-electron chi connectivity index (χ0n) is 14.2. The monoisotopic (exact) mass is 345 g/mol. The number of ether oxygens (including phenoxy) is 1. The van der Waals surface area contributed by atoms with Crippen LogP contribution in [-0.4, -0.2) is 48.9 Å². The summed E-state index contributed by atoms with van der Waals surface area (Å²) in [6, 6.07) is 5.51. The van der Waals surface area contributed by atoms with Crippen LogP contribution in [0.15, 0.2) is 18.2 Å². The maximum Gasteiger partial charge on any atom is 0.257 e. The van der Waals surface area contributed by atoms with Crippen molar-refractivity contribution in [1.82, 2.24) is 10.2 Å². The highest BCUT2D eigenvalue weighted by Crippen LogP contribution is 2.32. The fraction of sp³-hybridized carbons (Fsp3) is 0.500. The van der Waals surface area contributed by atoms with Gasteiger partial charge in [0.2, 0.25) is 11.8 Å². The van der Waals surface area contributed by atoms with Gasteiger partial charge in [-0.1, -0.05) is 12.1 Å². The Morgan fingerprint density at radius 1 is 1.20 bits per heavy atom. The molecule has 1 saturated heterocycles. The number of likely N-dealkylation sites (tertiary alicyclic amines) is 1. The molecule has 2 aliphatic heterocycles. The minimum Gasteiger partial charge on any atom is -0.482 e. The zero-order chi connectivity index (χ0) is 17.6. The van der Waals surface area contributed by atoms with Crippen LogP contribution in [0, 0.1) is 0 Å². The highest BCUT2D eigenvalue weighted by Gasteiger charge is 2.19. The van der Waals surface area contributed by atoms with Crippen molar-refractivity contribution < 1.29 is 19.1 Å². The molecule has 1 fully saturated rings. The lowest BCUT2D eigenvalue weighted by Gasteiger charge is -2.20. The number of rotatable bonds is 6. The van der Waals surface area contributed by atoms with Crippen molar-refractivity contribution in [2.24, 2.45) is 0 Å². The second kappa shape index (κ2) is 8.00. The molecule has 0 unspecified atom stereocenters. The number of nitrogens with zero attached hydrogens (tertiary/aromatic N) is 1. The van der Waals surface area contributed by atoms with E-state index < -0.39 is 0 Å². The molecule has 2 heterocycles. The smallest absolute Gasteiger partial charge is 0.257 e. The van der Waals surface area contributed by atoms with E-state index in [1.165, 1.54) is 0 Å². The molecule has 7 heteroatoms. The van der Waals surface area contributed by atoms with E-state index >= 15 is 0 Å². The Labute approximate surface area is 146 Å². The number of hydrogen-bond donors (Lipinski definition) is 2. The molecule has 2 N–H and O–H groups in total. The standard InChI is InChI=1S/C18H23N3O4/c22-15-7-6-13-4-3-5-14(18(13)20-15)25-12-16(23)19-9-8-17(24)21-10-1-2-11-21/h3-5H,1-2,6-12H2,(H,19,23)(H,20,22). The predicted octanol–water partition coefficient (Wildman–Crippen LogP) is 1.08. The van der Waals surface area contributed by atoms with Crippen molar-refractivity contribution in [3.05, 3.63) is 23.8 Å². The van der Waals surface area contributed by atoms with E-state index in [0.717, 1.165) is 31.5 Å². The largest absolute Gasteiger partial charge is 0.482 e. The van der Waals surface area contributed by atoms with Crippen molar-refractivity contribution in [3.8, 4) is 5.75 Å². The van der Waals surface area contributed by atoms with E-state index in [0.29, 0.717) is 37.2 Å². The van der Waals surface area contributed by atoms with Gasteiger partial charge in [0, 0.05) is 32.5 Å². The lowest BCUT2D eigenvalue weighted by Crippen LogP contribution is -2.34. The van der Waals surface area contributed by atoms with Crippen molar-refractivity contribution in [1.29, 1.82) is 0 Å². The van der Waals surface area contributed by atoms with E-state index in [-0.39, 0.29) is 24.3 Å². The summed E-state index contributed by atoms with van der Waals surface area (Å²) in [5, 5.41) is 5.49. The molecule has 0 bridgehead atoms. The summed E-state index contributed by atoms with van der Waals surface area (Å²) in [7, 11) is 0. The molecule has 0 atom stereocenters. The lowest BCUT2D eigenvalue weighted by molar-refractivity contribution is -0.130. The Balaban J connectivity index is 1.43. The molecule has 1 aromatic carbocycles. The van der Waals surface area contributed by atoms with Crippen molar-refractivity contribution >= 4 is 23.4 Å². The molecule has 0 aliphatic carbocycles. The number of aryl methyl sites for hydroxylation is 1. The molecule has 7 nitrogen and oxygen atoms in total. The van der Waals surface area contributed by atoms with Gasteiger partial charge in [-0.3, -0.25) is 14.4 Å². The van der Waals surface area contributed by atoms with E-state index in [2.05, 4.69) is 10.6 Å². The van der Waals surface area contributed by atoms with Crippen LogP contribution < -0.4 is 15.4 Å². The minimum atomic E-state index is -0.283. The van der Waals surface area contributed by atoms with Crippen LogP contribution in [0.5, 0.6) is 5.75 Å². The molecule has 0 aromatic heterocycles. The number of amides is 3.